The Bertz CT molecular complexity index is 396. The second-order valence-electron chi connectivity index (χ2n) is 2.96. The van der Waals surface area contributed by atoms with Crippen molar-refractivity contribution < 1.29 is 18.7 Å². The molecule has 15 heavy (non-hydrogen) atoms. The van der Waals surface area contributed by atoms with Crippen molar-refractivity contribution in [2.24, 2.45) is 0 Å². The number of alkyl halides is 2. The molecule has 1 N–H and O–H groups in total. The van der Waals surface area contributed by atoms with E-state index in [1.807, 2.05) is 0 Å². The molecule has 0 amide bonds. The van der Waals surface area contributed by atoms with Gasteiger partial charge in [-0.15, -0.1) is 0 Å². The molecule has 3 nitrogen and oxygen atoms in total. The van der Waals surface area contributed by atoms with Crippen molar-refractivity contribution in [1.29, 1.82) is 0 Å². The highest BCUT2D eigenvalue weighted by Crippen LogP contribution is 2.29. The number of hydrogen-bond acceptors (Lipinski definition) is 2. The molecule has 1 aromatic heterocycles. The average Bonchev–Trinajstić information content (AvgIpc) is 2.12. The zero-order valence-corrected chi connectivity index (χ0v) is 9.38. The average molecular weight is 280 g/mol. The number of carboxylic acids is 1. The first-order chi connectivity index (χ1) is 6.93. The van der Waals surface area contributed by atoms with Crippen LogP contribution in [0.15, 0.2) is 10.7 Å². The Hall–Kier alpha value is -1.04. The molecule has 0 aromatic carbocycles. The summed E-state index contributed by atoms with van der Waals surface area (Å²) in [6.07, 6.45) is -2.14. The Morgan fingerprint density at radius 1 is 1.67 bits per heavy atom. The van der Waals surface area contributed by atoms with Crippen LogP contribution in [0.4, 0.5) is 8.78 Å². The first-order valence-corrected chi connectivity index (χ1v) is 4.86. The summed E-state index contributed by atoms with van der Waals surface area (Å²) in [5.74, 6) is -1.15. The fraction of sp³-hybridized carbons (Fsp3) is 0.333. The fourth-order valence-electron chi connectivity index (χ4n) is 1.16. The van der Waals surface area contributed by atoms with Gasteiger partial charge in [-0.2, -0.15) is 0 Å². The Morgan fingerprint density at radius 3 is 2.73 bits per heavy atom. The van der Waals surface area contributed by atoms with Crippen LogP contribution in [-0.2, 0) is 11.2 Å². The van der Waals surface area contributed by atoms with Gasteiger partial charge in [0.1, 0.15) is 0 Å². The van der Waals surface area contributed by atoms with E-state index in [4.69, 9.17) is 5.11 Å². The van der Waals surface area contributed by atoms with Crippen LogP contribution >= 0.6 is 15.9 Å². The molecule has 0 aliphatic carbocycles. The first-order valence-electron chi connectivity index (χ1n) is 4.07. The number of aliphatic carboxylic acids is 1. The number of pyridine rings is 1. The molecule has 6 heteroatoms. The number of rotatable bonds is 3. The quantitative estimate of drug-likeness (QED) is 0.926. The lowest BCUT2D eigenvalue weighted by molar-refractivity contribution is -0.136. The highest BCUT2D eigenvalue weighted by molar-refractivity contribution is 9.10. The molecule has 0 atom stereocenters. The van der Waals surface area contributed by atoms with Gasteiger partial charge in [0.05, 0.1) is 12.1 Å². The van der Waals surface area contributed by atoms with Gasteiger partial charge in [-0.05, 0) is 28.4 Å². The number of hydrogen-bond donors (Lipinski definition) is 1. The lowest BCUT2D eigenvalue weighted by Crippen LogP contribution is -2.07. The second kappa shape index (κ2) is 4.65. The van der Waals surface area contributed by atoms with Crippen molar-refractivity contribution >= 4 is 21.9 Å². The molecule has 0 saturated heterocycles. The van der Waals surface area contributed by atoms with E-state index in [2.05, 4.69) is 20.9 Å². The van der Waals surface area contributed by atoms with E-state index >= 15 is 0 Å². The second-order valence-corrected chi connectivity index (χ2v) is 3.76. The predicted molar refractivity (Wildman–Crippen MR) is 53.0 cm³/mol. The highest BCUT2D eigenvalue weighted by Gasteiger charge is 2.19. The Morgan fingerprint density at radius 2 is 2.27 bits per heavy atom. The predicted octanol–water partition coefficient (Wildman–Crippen LogP) is 2.72. The summed E-state index contributed by atoms with van der Waals surface area (Å²) < 4.78 is 25.4. The molecule has 0 spiro atoms. The van der Waals surface area contributed by atoms with Crippen LogP contribution in [0, 0.1) is 6.92 Å². The first kappa shape index (κ1) is 12.0. The molecule has 0 unspecified atom stereocenters. The standard InChI is InChI=1S/C9H8BrF2NO2/c1-4-8(10)5(2-7(14)15)6(3-13-4)9(11)12/h3,9H,2H2,1H3,(H,14,15). The summed E-state index contributed by atoms with van der Waals surface area (Å²) in [4.78, 5) is 14.3. The van der Waals surface area contributed by atoms with E-state index in [1.165, 1.54) is 0 Å². The Balaban J connectivity index is 3.28. The topological polar surface area (TPSA) is 50.2 Å². The third-order valence-corrected chi connectivity index (χ3v) is 2.94. The molecule has 0 fully saturated rings. The number of carboxylic acid groups (broad SMARTS) is 1. The third kappa shape index (κ3) is 2.71. The van der Waals surface area contributed by atoms with Crippen LogP contribution in [0.1, 0.15) is 23.2 Å². The van der Waals surface area contributed by atoms with E-state index in [0.29, 0.717) is 10.2 Å². The van der Waals surface area contributed by atoms with Crippen LogP contribution in [0.3, 0.4) is 0 Å². The molecule has 1 heterocycles. The van der Waals surface area contributed by atoms with Crippen LogP contribution < -0.4 is 0 Å². The maximum Gasteiger partial charge on any atom is 0.307 e. The van der Waals surface area contributed by atoms with Gasteiger partial charge in [0.2, 0.25) is 0 Å². The lowest BCUT2D eigenvalue weighted by atomic mass is 10.1. The van der Waals surface area contributed by atoms with Gasteiger partial charge in [0, 0.05) is 16.2 Å². The molecule has 0 aliphatic heterocycles. The minimum Gasteiger partial charge on any atom is -0.481 e. The van der Waals surface area contributed by atoms with Crippen LogP contribution in [-0.4, -0.2) is 16.1 Å². The third-order valence-electron chi connectivity index (χ3n) is 1.89. The van der Waals surface area contributed by atoms with E-state index < -0.39 is 18.8 Å². The SMILES string of the molecule is Cc1ncc(C(F)F)c(CC(=O)O)c1Br. The summed E-state index contributed by atoms with van der Waals surface area (Å²) >= 11 is 3.07. The molecular formula is C9H8BrF2NO2. The minimum absolute atomic E-state index is 0.0880. The normalized spacial score (nSPS) is 10.7. The summed E-state index contributed by atoms with van der Waals surface area (Å²) in [6.45, 7) is 1.62. The van der Waals surface area contributed by atoms with Gasteiger partial charge in [0.25, 0.3) is 6.43 Å². The molecule has 1 aromatic rings. The molecule has 0 saturated carbocycles. The van der Waals surface area contributed by atoms with Crippen LogP contribution in [0.25, 0.3) is 0 Å². The van der Waals surface area contributed by atoms with Crippen molar-refractivity contribution in [3.63, 3.8) is 0 Å². The fourth-order valence-corrected chi connectivity index (χ4v) is 1.64. The summed E-state index contributed by atoms with van der Waals surface area (Å²) in [5.41, 5.74) is 0.246. The number of halogens is 3. The number of aromatic nitrogens is 1. The van der Waals surface area contributed by atoms with Crippen molar-refractivity contribution in [3.05, 3.63) is 27.5 Å². The molecule has 1 rings (SSSR count). The van der Waals surface area contributed by atoms with Gasteiger partial charge >= 0.3 is 5.97 Å². The monoisotopic (exact) mass is 279 g/mol. The largest absolute Gasteiger partial charge is 0.481 e. The summed E-state index contributed by atoms with van der Waals surface area (Å²) in [6, 6.07) is 0. The lowest BCUT2D eigenvalue weighted by Gasteiger charge is -2.10. The smallest absolute Gasteiger partial charge is 0.307 e. The van der Waals surface area contributed by atoms with Gasteiger partial charge in [0.15, 0.2) is 0 Å². The number of carbonyl (C=O) groups is 1. The molecule has 82 valence electrons. The zero-order valence-electron chi connectivity index (χ0n) is 7.80. The Labute approximate surface area is 93.3 Å². The van der Waals surface area contributed by atoms with E-state index in [9.17, 15) is 13.6 Å². The van der Waals surface area contributed by atoms with E-state index in [1.54, 1.807) is 6.92 Å². The maximum absolute atomic E-state index is 12.5. The van der Waals surface area contributed by atoms with Gasteiger partial charge in [-0.25, -0.2) is 8.78 Å². The van der Waals surface area contributed by atoms with Crippen molar-refractivity contribution in [3.8, 4) is 0 Å². The summed E-state index contributed by atoms with van der Waals surface area (Å²) in [5, 5.41) is 8.60. The van der Waals surface area contributed by atoms with Gasteiger partial charge in [-0.1, -0.05) is 0 Å². The number of nitrogens with zero attached hydrogens (tertiary/aromatic N) is 1. The van der Waals surface area contributed by atoms with Crippen molar-refractivity contribution in [1.82, 2.24) is 4.98 Å². The Kier molecular flexibility index (Phi) is 3.73. The van der Waals surface area contributed by atoms with Crippen molar-refractivity contribution in [2.45, 2.75) is 19.8 Å². The maximum atomic E-state index is 12.5. The highest BCUT2D eigenvalue weighted by atomic mass is 79.9. The number of aryl methyl sites for hydroxylation is 1. The van der Waals surface area contributed by atoms with Gasteiger partial charge in [-0.3, -0.25) is 9.78 Å². The zero-order chi connectivity index (χ0) is 11.6. The summed E-state index contributed by atoms with van der Waals surface area (Å²) in [7, 11) is 0. The molecular weight excluding hydrogens is 272 g/mol. The van der Waals surface area contributed by atoms with Crippen molar-refractivity contribution in [2.75, 3.05) is 0 Å². The van der Waals surface area contributed by atoms with Crippen LogP contribution in [0.2, 0.25) is 0 Å². The molecule has 0 bridgehead atoms. The molecule has 0 radical (unpaired) electrons. The van der Waals surface area contributed by atoms with E-state index in [-0.39, 0.29) is 11.1 Å². The molecule has 0 aliphatic rings. The minimum atomic E-state index is -2.72. The van der Waals surface area contributed by atoms with E-state index in [0.717, 1.165) is 6.20 Å². The van der Waals surface area contributed by atoms with Gasteiger partial charge < -0.3 is 5.11 Å². The van der Waals surface area contributed by atoms with Crippen LogP contribution in [0.5, 0.6) is 0 Å².